The summed E-state index contributed by atoms with van der Waals surface area (Å²) in [7, 11) is 2.10. The van der Waals surface area contributed by atoms with Gasteiger partial charge in [0, 0.05) is 10.9 Å². The first kappa shape index (κ1) is 11.2. The minimum absolute atomic E-state index is 0.602. The van der Waals surface area contributed by atoms with Gasteiger partial charge in [0.15, 0.2) is 0 Å². The summed E-state index contributed by atoms with van der Waals surface area (Å²) in [6.45, 7) is 2.25. The maximum absolute atomic E-state index is 3.49. The number of thiophene rings is 1. The van der Waals surface area contributed by atoms with Crippen LogP contribution in [0.25, 0.3) is 0 Å². The molecule has 1 aliphatic rings. The smallest absolute Gasteiger partial charge is 0.0417 e. The standard InChI is InChI=1S/C13H21NS/c1-3-11-7-8-15-13(11)12(14-2)9-10-5-4-6-10/h7-8,10,12,14H,3-6,9H2,1-2H3. The zero-order valence-corrected chi connectivity index (χ0v) is 10.6. The van der Waals surface area contributed by atoms with Crippen LogP contribution in [0.2, 0.25) is 0 Å². The summed E-state index contributed by atoms with van der Waals surface area (Å²) in [5, 5.41) is 5.72. The van der Waals surface area contributed by atoms with Crippen LogP contribution in [-0.4, -0.2) is 7.05 Å². The highest BCUT2D eigenvalue weighted by atomic mass is 32.1. The van der Waals surface area contributed by atoms with Gasteiger partial charge in [0.25, 0.3) is 0 Å². The predicted molar refractivity (Wildman–Crippen MR) is 67.5 cm³/mol. The molecule has 1 aromatic heterocycles. The molecule has 1 aliphatic carbocycles. The molecule has 84 valence electrons. The fourth-order valence-electron chi connectivity index (χ4n) is 2.36. The third-order valence-corrected chi connectivity index (χ3v) is 4.69. The first-order chi connectivity index (χ1) is 7.35. The molecule has 1 N–H and O–H groups in total. The van der Waals surface area contributed by atoms with E-state index in [4.69, 9.17) is 0 Å². The lowest BCUT2D eigenvalue weighted by Gasteiger charge is -2.29. The van der Waals surface area contributed by atoms with E-state index in [1.165, 1.54) is 32.1 Å². The Morgan fingerprint density at radius 1 is 1.53 bits per heavy atom. The Kier molecular flexibility index (Phi) is 3.81. The monoisotopic (exact) mass is 223 g/mol. The van der Waals surface area contributed by atoms with E-state index < -0.39 is 0 Å². The summed E-state index contributed by atoms with van der Waals surface area (Å²) in [5.74, 6) is 0.981. The molecular weight excluding hydrogens is 202 g/mol. The fraction of sp³-hybridized carbons (Fsp3) is 0.692. The second-order valence-electron chi connectivity index (χ2n) is 4.54. The molecule has 1 fully saturated rings. The third kappa shape index (κ3) is 2.43. The predicted octanol–water partition coefficient (Wildman–Crippen LogP) is 3.76. The van der Waals surface area contributed by atoms with Crippen molar-refractivity contribution in [1.29, 1.82) is 0 Å². The second-order valence-corrected chi connectivity index (χ2v) is 5.49. The van der Waals surface area contributed by atoms with Gasteiger partial charge in [-0.25, -0.2) is 0 Å². The SMILES string of the molecule is CCc1ccsc1C(CC1CCC1)NC. The summed E-state index contributed by atoms with van der Waals surface area (Å²) in [6.07, 6.45) is 6.86. The van der Waals surface area contributed by atoms with E-state index in [1.807, 2.05) is 11.3 Å². The molecule has 0 aromatic carbocycles. The molecule has 0 spiro atoms. The molecule has 0 bridgehead atoms. The largest absolute Gasteiger partial charge is 0.312 e. The highest BCUT2D eigenvalue weighted by Crippen LogP contribution is 2.37. The van der Waals surface area contributed by atoms with Gasteiger partial charge in [-0.1, -0.05) is 26.2 Å². The minimum atomic E-state index is 0.602. The molecule has 2 heteroatoms. The van der Waals surface area contributed by atoms with Crippen LogP contribution in [0, 0.1) is 5.92 Å². The highest BCUT2D eigenvalue weighted by Gasteiger charge is 2.23. The van der Waals surface area contributed by atoms with Crippen LogP contribution in [0.3, 0.4) is 0 Å². The van der Waals surface area contributed by atoms with Crippen LogP contribution in [0.15, 0.2) is 11.4 Å². The number of hydrogen-bond donors (Lipinski definition) is 1. The molecule has 0 radical (unpaired) electrons. The van der Waals surface area contributed by atoms with E-state index >= 15 is 0 Å². The third-order valence-electron chi connectivity index (χ3n) is 3.62. The Bertz CT molecular complexity index is 301. The lowest BCUT2D eigenvalue weighted by molar-refractivity contribution is 0.266. The Balaban J connectivity index is 2.04. The molecule has 0 aliphatic heterocycles. The number of aryl methyl sites for hydroxylation is 1. The van der Waals surface area contributed by atoms with E-state index in [2.05, 4.69) is 30.7 Å². The molecular formula is C13H21NS. The average molecular weight is 223 g/mol. The summed E-state index contributed by atoms with van der Waals surface area (Å²) < 4.78 is 0. The van der Waals surface area contributed by atoms with Crippen LogP contribution in [0.1, 0.15) is 49.1 Å². The quantitative estimate of drug-likeness (QED) is 0.801. The van der Waals surface area contributed by atoms with Crippen LogP contribution in [0.4, 0.5) is 0 Å². The summed E-state index contributed by atoms with van der Waals surface area (Å²) in [6, 6.07) is 2.88. The first-order valence-corrected chi connectivity index (χ1v) is 6.96. The lowest BCUT2D eigenvalue weighted by Crippen LogP contribution is -2.23. The topological polar surface area (TPSA) is 12.0 Å². The van der Waals surface area contributed by atoms with Crippen molar-refractivity contribution in [3.8, 4) is 0 Å². The van der Waals surface area contributed by atoms with Crippen molar-refractivity contribution in [2.45, 2.75) is 45.1 Å². The van der Waals surface area contributed by atoms with Gasteiger partial charge in [-0.3, -0.25) is 0 Å². The van der Waals surface area contributed by atoms with Crippen molar-refractivity contribution in [2.75, 3.05) is 7.05 Å². The number of rotatable bonds is 5. The van der Waals surface area contributed by atoms with E-state index in [9.17, 15) is 0 Å². The molecule has 2 rings (SSSR count). The maximum Gasteiger partial charge on any atom is 0.0417 e. The van der Waals surface area contributed by atoms with Gasteiger partial charge < -0.3 is 5.32 Å². The molecule has 1 nitrogen and oxygen atoms in total. The minimum Gasteiger partial charge on any atom is -0.312 e. The summed E-state index contributed by atoms with van der Waals surface area (Å²) >= 11 is 1.92. The van der Waals surface area contributed by atoms with Crippen molar-refractivity contribution >= 4 is 11.3 Å². The molecule has 15 heavy (non-hydrogen) atoms. The lowest BCUT2D eigenvalue weighted by atomic mass is 9.80. The Hall–Kier alpha value is -0.340. The van der Waals surface area contributed by atoms with Crippen LogP contribution in [0.5, 0.6) is 0 Å². The molecule has 1 atom stereocenters. The zero-order chi connectivity index (χ0) is 10.7. The Labute approximate surface area is 96.9 Å². The van der Waals surface area contributed by atoms with Gasteiger partial charge in [0.1, 0.15) is 0 Å². The molecule has 1 saturated carbocycles. The zero-order valence-electron chi connectivity index (χ0n) is 9.75. The number of nitrogens with one attached hydrogen (secondary N) is 1. The average Bonchev–Trinajstić information content (AvgIpc) is 2.64. The summed E-state index contributed by atoms with van der Waals surface area (Å²) in [5.41, 5.74) is 1.54. The molecule has 0 saturated heterocycles. The van der Waals surface area contributed by atoms with Gasteiger partial charge >= 0.3 is 0 Å². The normalized spacial score (nSPS) is 18.8. The van der Waals surface area contributed by atoms with Gasteiger partial charge in [0.2, 0.25) is 0 Å². The Morgan fingerprint density at radius 2 is 2.33 bits per heavy atom. The molecule has 1 aromatic rings. The van der Waals surface area contributed by atoms with E-state index in [0.717, 1.165) is 5.92 Å². The molecule has 0 amide bonds. The second kappa shape index (κ2) is 5.13. The van der Waals surface area contributed by atoms with Crippen molar-refractivity contribution < 1.29 is 0 Å². The fourth-order valence-corrected chi connectivity index (χ4v) is 3.48. The van der Waals surface area contributed by atoms with Crippen molar-refractivity contribution in [3.05, 3.63) is 21.9 Å². The van der Waals surface area contributed by atoms with E-state index in [1.54, 1.807) is 10.4 Å². The van der Waals surface area contributed by atoms with E-state index in [-0.39, 0.29) is 0 Å². The highest BCUT2D eigenvalue weighted by molar-refractivity contribution is 7.10. The van der Waals surface area contributed by atoms with Crippen molar-refractivity contribution in [2.24, 2.45) is 5.92 Å². The molecule has 1 heterocycles. The van der Waals surface area contributed by atoms with Crippen LogP contribution >= 0.6 is 11.3 Å². The van der Waals surface area contributed by atoms with Gasteiger partial charge in [0.05, 0.1) is 0 Å². The van der Waals surface area contributed by atoms with Crippen LogP contribution < -0.4 is 5.32 Å². The van der Waals surface area contributed by atoms with E-state index in [0.29, 0.717) is 6.04 Å². The van der Waals surface area contributed by atoms with Crippen molar-refractivity contribution in [3.63, 3.8) is 0 Å². The molecule has 1 unspecified atom stereocenters. The van der Waals surface area contributed by atoms with Crippen LogP contribution in [-0.2, 0) is 6.42 Å². The van der Waals surface area contributed by atoms with Gasteiger partial charge in [-0.2, -0.15) is 0 Å². The van der Waals surface area contributed by atoms with Crippen molar-refractivity contribution in [1.82, 2.24) is 5.32 Å². The summed E-state index contributed by atoms with van der Waals surface area (Å²) in [4.78, 5) is 1.58. The maximum atomic E-state index is 3.49. The Morgan fingerprint density at radius 3 is 2.87 bits per heavy atom. The van der Waals surface area contributed by atoms with Gasteiger partial charge in [-0.05, 0) is 42.8 Å². The van der Waals surface area contributed by atoms with Gasteiger partial charge in [-0.15, -0.1) is 11.3 Å². The number of hydrogen-bond acceptors (Lipinski definition) is 2. The first-order valence-electron chi connectivity index (χ1n) is 6.08.